The molecule has 1 aliphatic rings. The lowest BCUT2D eigenvalue weighted by molar-refractivity contribution is -0.0919. The molecule has 0 aromatic heterocycles. The fraction of sp³-hybridized carbons (Fsp3) is 0.200. The van der Waals surface area contributed by atoms with Crippen molar-refractivity contribution in [2.24, 2.45) is 0 Å². The van der Waals surface area contributed by atoms with E-state index in [0.717, 1.165) is 4.47 Å². The summed E-state index contributed by atoms with van der Waals surface area (Å²) in [4.78, 5) is 0. The first kappa shape index (κ1) is 13.7. The zero-order valence-corrected chi connectivity index (χ0v) is 13.0. The molecule has 0 fully saturated rings. The Labute approximate surface area is 129 Å². The van der Waals surface area contributed by atoms with Crippen LogP contribution in [0, 0.1) is 5.82 Å². The number of hydrogen-bond acceptors (Lipinski definition) is 2. The normalized spacial score (nSPS) is 20.2. The maximum atomic E-state index is 14.2. The molecule has 104 valence electrons. The quantitative estimate of drug-likeness (QED) is 0.728. The number of benzene rings is 2. The topological polar surface area (TPSA) is 18.5 Å². The van der Waals surface area contributed by atoms with Gasteiger partial charge in [0.05, 0.1) is 10.0 Å². The fourth-order valence-corrected chi connectivity index (χ4v) is 2.86. The van der Waals surface area contributed by atoms with Crippen molar-refractivity contribution in [3.63, 3.8) is 0 Å². The first-order valence-electron chi connectivity index (χ1n) is 6.18. The SMILES string of the molecule is CCC1(c2ccc(Cl)cc2F)Oc2cccc(Br)c2O1. The summed E-state index contributed by atoms with van der Waals surface area (Å²) in [5.74, 6) is -0.413. The van der Waals surface area contributed by atoms with E-state index in [1.165, 1.54) is 6.07 Å². The van der Waals surface area contributed by atoms with Crippen LogP contribution in [0.4, 0.5) is 4.39 Å². The first-order chi connectivity index (χ1) is 9.55. The van der Waals surface area contributed by atoms with Gasteiger partial charge in [0.2, 0.25) is 0 Å². The van der Waals surface area contributed by atoms with Crippen LogP contribution >= 0.6 is 27.5 Å². The molecule has 0 saturated heterocycles. The second-order valence-electron chi connectivity index (χ2n) is 4.50. The summed E-state index contributed by atoms with van der Waals surface area (Å²) in [6.07, 6.45) is 0.465. The number of para-hydroxylation sites is 1. The van der Waals surface area contributed by atoms with E-state index >= 15 is 0 Å². The van der Waals surface area contributed by atoms with Crippen LogP contribution in [0.3, 0.4) is 0 Å². The molecule has 3 rings (SSSR count). The molecule has 2 aromatic carbocycles. The Kier molecular flexibility index (Phi) is 3.38. The van der Waals surface area contributed by atoms with Crippen molar-refractivity contribution in [1.82, 2.24) is 0 Å². The maximum absolute atomic E-state index is 14.2. The van der Waals surface area contributed by atoms with E-state index in [4.69, 9.17) is 21.1 Å². The minimum Gasteiger partial charge on any atom is -0.444 e. The Bertz CT molecular complexity index is 677. The van der Waals surface area contributed by atoms with Crippen LogP contribution in [0.25, 0.3) is 0 Å². The van der Waals surface area contributed by atoms with Crippen LogP contribution in [-0.2, 0) is 5.79 Å². The minimum atomic E-state index is -1.15. The van der Waals surface area contributed by atoms with E-state index in [2.05, 4.69) is 15.9 Å². The van der Waals surface area contributed by atoms with Gasteiger partial charge in [-0.3, -0.25) is 0 Å². The van der Waals surface area contributed by atoms with Crippen molar-refractivity contribution in [1.29, 1.82) is 0 Å². The summed E-state index contributed by atoms with van der Waals surface area (Å²) >= 11 is 9.21. The third-order valence-corrected chi connectivity index (χ3v) is 4.14. The molecular formula is C15H11BrClFO2. The maximum Gasteiger partial charge on any atom is 0.280 e. The Hall–Kier alpha value is -1.26. The van der Waals surface area contributed by atoms with E-state index in [1.807, 2.05) is 19.1 Å². The van der Waals surface area contributed by atoms with Crippen LogP contribution in [0.1, 0.15) is 18.9 Å². The summed E-state index contributed by atoms with van der Waals surface area (Å²) in [6, 6.07) is 9.98. The predicted molar refractivity (Wildman–Crippen MR) is 78.8 cm³/mol. The molecule has 2 aromatic rings. The summed E-state index contributed by atoms with van der Waals surface area (Å²) in [5.41, 5.74) is 0.340. The lowest BCUT2D eigenvalue weighted by atomic mass is 10.0. The average molecular weight is 358 g/mol. The summed E-state index contributed by atoms with van der Waals surface area (Å²) in [6.45, 7) is 1.88. The van der Waals surface area contributed by atoms with E-state index in [-0.39, 0.29) is 0 Å². The zero-order valence-electron chi connectivity index (χ0n) is 10.6. The van der Waals surface area contributed by atoms with Gasteiger partial charge in [0, 0.05) is 11.4 Å². The highest BCUT2D eigenvalue weighted by Crippen LogP contribution is 2.49. The second-order valence-corrected chi connectivity index (χ2v) is 5.79. The van der Waals surface area contributed by atoms with Gasteiger partial charge in [0.1, 0.15) is 5.82 Å². The van der Waals surface area contributed by atoms with Crippen LogP contribution in [0.15, 0.2) is 40.9 Å². The van der Waals surface area contributed by atoms with E-state index < -0.39 is 11.6 Å². The molecule has 0 amide bonds. The van der Waals surface area contributed by atoms with Crippen LogP contribution in [-0.4, -0.2) is 0 Å². The van der Waals surface area contributed by atoms with Gasteiger partial charge in [-0.15, -0.1) is 0 Å². The van der Waals surface area contributed by atoms with Crippen molar-refractivity contribution in [2.75, 3.05) is 0 Å². The van der Waals surface area contributed by atoms with Crippen molar-refractivity contribution in [2.45, 2.75) is 19.1 Å². The minimum absolute atomic E-state index is 0.340. The number of rotatable bonds is 2. The number of ether oxygens (including phenoxy) is 2. The molecule has 2 nitrogen and oxygen atoms in total. The highest BCUT2D eigenvalue weighted by atomic mass is 79.9. The van der Waals surface area contributed by atoms with Crippen LogP contribution in [0.5, 0.6) is 11.5 Å². The monoisotopic (exact) mass is 356 g/mol. The largest absolute Gasteiger partial charge is 0.444 e. The lowest BCUT2D eigenvalue weighted by Gasteiger charge is -2.27. The Morgan fingerprint density at radius 3 is 2.70 bits per heavy atom. The molecule has 0 N–H and O–H groups in total. The van der Waals surface area contributed by atoms with Crippen molar-refractivity contribution in [3.05, 3.63) is 57.3 Å². The molecule has 0 saturated carbocycles. The Morgan fingerprint density at radius 2 is 2.05 bits per heavy atom. The lowest BCUT2D eigenvalue weighted by Crippen LogP contribution is -2.35. The van der Waals surface area contributed by atoms with E-state index in [0.29, 0.717) is 28.5 Å². The molecule has 1 atom stereocenters. The summed E-state index contributed by atoms with van der Waals surface area (Å²) in [7, 11) is 0. The van der Waals surface area contributed by atoms with Crippen LogP contribution < -0.4 is 9.47 Å². The van der Waals surface area contributed by atoms with Crippen LogP contribution in [0.2, 0.25) is 5.02 Å². The predicted octanol–water partition coefficient (Wildman–Crippen LogP) is 5.28. The highest BCUT2D eigenvalue weighted by Gasteiger charge is 2.44. The molecule has 0 bridgehead atoms. The third-order valence-electron chi connectivity index (χ3n) is 3.28. The molecule has 1 aliphatic heterocycles. The van der Waals surface area contributed by atoms with Gasteiger partial charge in [0.15, 0.2) is 11.5 Å². The smallest absolute Gasteiger partial charge is 0.280 e. The zero-order chi connectivity index (χ0) is 14.3. The van der Waals surface area contributed by atoms with Gasteiger partial charge >= 0.3 is 0 Å². The number of fused-ring (bicyclic) bond motifs is 1. The second kappa shape index (κ2) is 4.93. The first-order valence-corrected chi connectivity index (χ1v) is 7.35. The molecule has 0 aliphatic carbocycles. The van der Waals surface area contributed by atoms with Crippen molar-refractivity contribution in [3.8, 4) is 11.5 Å². The van der Waals surface area contributed by atoms with Crippen molar-refractivity contribution >= 4 is 27.5 Å². The van der Waals surface area contributed by atoms with Gasteiger partial charge in [-0.25, -0.2) is 4.39 Å². The van der Waals surface area contributed by atoms with Crippen molar-refractivity contribution < 1.29 is 13.9 Å². The number of hydrogen-bond donors (Lipinski definition) is 0. The fourth-order valence-electron chi connectivity index (χ4n) is 2.27. The third kappa shape index (κ3) is 2.07. The van der Waals surface area contributed by atoms with E-state index in [1.54, 1.807) is 18.2 Å². The van der Waals surface area contributed by atoms with Gasteiger partial charge in [0.25, 0.3) is 5.79 Å². The Balaban J connectivity index is 2.10. The van der Waals surface area contributed by atoms with Gasteiger partial charge < -0.3 is 9.47 Å². The molecule has 5 heteroatoms. The van der Waals surface area contributed by atoms with E-state index in [9.17, 15) is 4.39 Å². The highest BCUT2D eigenvalue weighted by molar-refractivity contribution is 9.10. The molecule has 0 radical (unpaired) electrons. The average Bonchev–Trinajstić information content (AvgIpc) is 2.80. The molecule has 1 heterocycles. The Morgan fingerprint density at radius 1 is 1.25 bits per heavy atom. The molecular weight excluding hydrogens is 347 g/mol. The standard InChI is InChI=1S/C15H11BrClFO2/c1-2-15(10-7-6-9(17)8-12(10)18)19-13-5-3-4-11(16)14(13)20-15/h3-8H,2H2,1H3. The van der Waals surface area contributed by atoms with Gasteiger partial charge in [-0.05, 0) is 46.3 Å². The van der Waals surface area contributed by atoms with Gasteiger partial charge in [-0.2, -0.15) is 0 Å². The summed E-state index contributed by atoms with van der Waals surface area (Å²) < 4.78 is 26.8. The molecule has 0 spiro atoms. The van der Waals surface area contributed by atoms with Gasteiger partial charge in [-0.1, -0.05) is 24.6 Å². The molecule has 1 unspecified atom stereocenters. The summed E-state index contributed by atoms with van der Waals surface area (Å²) in [5, 5.41) is 0.342. The molecule has 20 heavy (non-hydrogen) atoms. The number of halogens is 3.